The Balaban J connectivity index is 1.91. The second-order valence-electron chi connectivity index (χ2n) is 6.06. The zero-order valence-electron chi connectivity index (χ0n) is 13.2. The Hall–Kier alpha value is -2.72. The molecule has 1 unspecified atom stereocenters. The van der Waals surface area contributed by atoms with E-state index in [4.69, 9.17) is 0 Å². The topological polar surface area (TPSA) is 80.9 Å². The summed E-state index contributed by atoms with van der Waals surface area (Å²) in [4.78, 5) is 0. The number of aliphatic hydroxyl groups is 2. The Labute approximate surface area is 140 Å². The van der Waals surface area contributed by atoms with Crippen molar-refractivity contribution in [2.24, 2.45) is 0 Å². The molecule has 0 radical (unpaired) electrons. The first-order chi connectivity index (χ1) is 11.5. The number of aliphatic hydroxyl groups excluding tert-OH is 1. The van der Waals surface area contributed by atoms with Gasteiger partial charge in [-0.25, -0.2) is 0 Å². The van der Waals surface area contributed by atoms with Crippen molar-refractivity contribution in [2.45, 2.75) is 24.9 Å². The van der Waals surface area contributed by atoms with Crippen LogP contribution in [0.2, 0.25) is 0 Å². The van der Waals surface area contributed by atoms with Gasteiger partial charge in [0.1, 0.15) is 17.1 Å². The zero-order chi connectivity index (χ0) is 17.2. The molecule has 0 amide bonds. The molecule has 0 saturated heterocycles. The molecule has 2 aromatic carbocycles. The van der Waals surface area contributed by atoms with E-state index < -0.39 is 5.60 Å². The van der Waals surface area contributed by atoms with Crippen LogP contribution in [-0.4, -0.2) is 20.4 Å². The highest BCUT2D eigenvalue weighted by molar-refractivity contribution is 5.53. The van der Waals surface area contributed by atoms with Crippen LogP contribution < -0.4 is 0 Å². The molecule has 1 aliphatic carbocycles. The van der Waals surface area contributed by atoms with Crippen LogP contribution in [-0.2, 0) is 18.4 Å². The molecule has 1 aliphatic rings. The minimum Gasteiger partial charge on any atom is -0.512 e. The van der Waals surface area contributed by atoms with Crippen LogP contribution in [0.4, 0.5) is 0 Å². The molecule has 0 aromatic heterocycles. The van der Waals surface area contributed by atoms with E-state index in [2.05, 4.69) is 0 Å². The molecule has 0 spiro atoms. The fourth-order valence-electron chi connectivity index (χ4n) is 3.03. The molecule has 2 aromatic rings. The second-order valence-corrected chi connectivity index (χ2v) is 6.06. The molecule has 4 N–H and O–H groups in total. The van der Waals surface area contributed by atoms with Crippen molar-refractivity contribution in [3.63, 3.8) is 0 Å². The molecule has 4 heteroatoms. The standard InChI is InChI=1S/C20H20O4/c21-15-7-4-12-20(24,13-15)17-10-11-18(22)16(19(17)23)9-8-14-5-2-1-3-6-14/h1-7,10-12,21-24H,8-9,13H2. The Bertz CT molecular complexity index is 793. The summed E-state index contributed by atoms with van der Waals surface area (Å²) in [5.41, 5.74) is 0.281. The van der Waals surface area contributed by atoms with Crippen LogP contribution in [0.5, 0.6) is 11.5 Å². The van der Waals surface area contributed by atoms with E-state index in [1.807, 2.05) is 30.3 Å². The predicted molar refractivity (Wildman–Crippen MR) is 92.0 cm³/mol. The third-order valence-electron chi connectivity index (χ3n) is 4.34. The molecule has 0 heterocycles. The van der Waals surface area contributed by atoms with Gasteiger partial charge in [0, 0.05) is 17.5 Å². The van der Waals surface area contributed by atoms with Crippen molar-refractivity contribution < 1.29 is 20.4 Å². The molecule has 0 saturated carbocycles. The van der Waals surface area contributed by atoms with Crippen molar-refractivity contribution in [3.8, 4) is 11.5 Å². The normalized spacial score (nSPS) is 20.0. The van der Waals surface area contributed by atoms with E-state index in [1.54, 1.807) is 6.08 Å². The van der Waals surface area contributed by atoms with Crippen molar-refractivity contribution in [1.82, 2.24) is 0 Å². The van der Waals surface area contributed by atoms with Crippen LogP contribution in [0.1, 0.15) is 23.1 Å². The first kappa shape index (κ1) is 16.1. The van der Waals surface area contributed by atoms with Gasteiger partial charge < -0.3 is 20.4 Å². The van der Waals surface area contributed by atoms with Gasteiger partial charge >= 0.3 is 0 Å². The van der Waals surface area contributed by atoms with Gasteiger partial charge in [-0.05, 0) is 42.7 Å². The highest BCUT2D eigenvalue weighted by atomic mass is 16.3. The molecule has 1 atom stereocenters. The highest BCUT2D eigenvalue weighted by Gasteiger charge is 2.33. The van der Waals surface area contributed by atoms with Crippen molar-refractivity contribution >= 4 is 0 Å². The van der Waals surface area contributed by atoms with E-state index in [-0.39, 0.29) is 29.2 Å². The predicted octanol–water partition coefficient (Wildman–Crippen LogP) is 3.47. The lowest BCUT2D eigenvalue weighted by Crippen LogP contribution is -2.25. The number of phenols is 2. The summed E-state index contributed by atoms with van der Waals surface area (Å²) < 4.78 is 0. The third-order valence-corrected chi connectivity index (χ3v) is 4.34. The second kappa shape index (κ2) is 6.42. The van der Waals surface area contributed by atoms with Gasteiger partial charge in [-0.15, -0.1) is 0 Å². The number of hydrogen-bond acceptors (Lipinski definition) is 4. The fourth-order valence-corrected chi connectivity index (χ4v) is 3.03. The smallest absolute Gasteiger partial charge is 0.128 e. The maximum atomic E-state index is 10.8. The maximum absolute atomic E-state index is 10.8. The largest absolute Gasteiger partial charge is 0.512 e. The first-order valence-electron chi connectivity index (χ1n) is 7.87. The lowest BCUT2D eigenvalue weighted by molar-refractivity contribution is 0.0725. The molecule has 24 heavy (non-hydrogen) atoms. The van der Waals surface area contributed by atoms with Gasteiger partial charge in [0.2, 0.25) is 0 Å². The lowest BCUT2D eigenvalue weighted by atomic mass is 9.84. The van der Waals surface area contributed by atoms with E-state index >= 15 is 0 Å². The number of aryl methyl sites for hydroxylation is 1. The van der Waals surface area contributed by atoms with E-state index in [0.29, 0.717) is 18.4 Å². The average Bonchev–Trinajstić information content (AvgIpc) is 2.55. The molecular formula is C20H20O4. The Morgan fingerprint density at radius 1 is 0.917 bits per heavy atom. The maximum Gasteiger partial charge on any atom is 0.128 e. The van der Waals surface area contributed by atoms with Crippen LogP contribution in [0, 0.1) is 0 Å². The van der Waals surface area contributed by atoms with Crippen molar-refractivity contribution in [2.75, 3.05) is 0 Å². The highest BCUT2D eigenvalue weighted by Crippen LogP contribution is 2.41. The van der Waals surface area contributed by atoms with E-state index in [0.717, 1.165) is 5.56 Å². The summed E-state index contributed by atoms with van der Waals surface area (Å²) in [7, 11) is 0. The van der Waals surface area contributed by atoms with E-state index in [1.165, 1.54) is 24.3 Å². The first-order valence-corrected chi connectivity index (χ1v) is 7.87. The molecular weight excluding hydrogens is 304 g/mol. The molecule has 0 aliphatic heterocycles. The van der Waals surface area contributed by atoms with Gasteiger partial charge in [0.25, 0.3) is 0 Å². The van der Waals surface area contributed by atoms with Crippen LogP contribution in [0.25, 0.3) is 0 Å². The number of benzene rings is 2. The summed E-state index contributed by atoms with van der Waals surface area (Å²) in [6.45, 7) is 0. The minimum absolute atomic E-state index is 0.00432. The van der Waals surface area contributed by atoms with Crippen LogP contribution >= 0.6 is 0 Å². The van der Waals surface area contributed by atoms with Crippen molar-refractivity contribution in [1.29, 1.82) is 0 Å². The quantitative estimate of drug-likeness (QED) is 0.694. The SMILES string of the molecule is OC1=CC=CC(O)(c2ccc(O)c(CCc3ccccc3)c2O)C1. The fraction of sp³-hybridized carbons (Fsp3) is 0.200. The monoisotopic (exact) mass is 324 g/mol. The third kappa shape index (κ3) is 3.14. The summed E-state index contributed by atoms with van der Waals surface area (Å²) >= 11 is 0. The number of rotatable bonds is 4. The molecule has 3 rings (SSSR count). The minimum atomic E-state index is -1.49. The van der Waals surface area contributed by atoms with Gasteiger partial charge in [0.15, 0.2) is 0 Å². The van der Waals surface area contributed by atoms with Gasteiger partial charge in [-0.2, -0.15) is 0 Å². The summed E-state index contributed by atoms with van der Waals surface area (Å²) in [5, 5.41) is 41.2. The van der Waals surface area contributed by atoms with Gasteiger partial charge in [-0.1, -0.05) is 36.4 Å². The summed E-state index contributed by atoms with van der Waals surface area (Å²) in [6, 6.07) is 12.7. The van der Waals surface area contributed by atoms with Crippen molar-refractivity contribution in [3.05, 3.63) is 83.1 Å². The Morgan fingerprint density at radius 2 is 1.67 bits per heavy atom. The van der Waals surface area contributed by atoms with Crippen LogP contribution in [0.15, 0.2) is 66.5 Å². The van der Waals surface area contributed by atoms with Gasteiger partial charge in [0.05, 0.1) is 5.76 Å². The zero-order valence-corrected chi connectivity index (χ0v) is 13.2. The number of hydrogen-bond donors (Lipinski definition) is 4. The Morgan fingerprint density at radius 3 is 2.38 bits per heavy atom. The molecule has 0 bridgehead atoms. The Kier molecular flexibility index (Phi) is 4.32. The molecule has 4 nitrogen and oxygen atoms in total. The van der Waals surface area contributed by atoms with E-state index in [9.17, 15) is 20.4 Å². The van der Waals surface area contributed by atoms with Gasteiger partial charge in [-0.3, -0.25) is 0 Å². The average molecular weight is 324 g/mol. The lowest BCUT2D eigenvalue weighted by Gasteiger charge is -2.28. The van der Waals surface area contributed by atoms with Crippen LogP contribution in [0.3, 0.4) is 0 Å². The molecule has 0 fully saturated rings. The summed E-state index contributed by atoms with van der Waals surface area (Å²) in [6.07, 6.45) is 5.67. The molecule has 124 valence electrons. The number of allylic oxidation sites excluding steroid dienone is 2. The summed E-state index contributed by atoms with van der Waals surface area (Å²) in [5.74, 6) is -0.0959. The number of aromatic hydroxyl groups is 2. The number of phenolic OH excluding ortho intramolecular Hbond substituents is 2.